The number of nitrogens with zero attached hydrogens (tertiary/aromatic N) is 2. The quantitative estimate of drug-likeness (QED) is 0.653. The summed E-state index contributed by atoms with van der Waals surface area (Å²) in [5.41, 5.74) is 9.61. The lowest BCUT2D eigenvalue weighted by molar-refractivity contribution is 0.201. The predicted octanol–water partition coefficient (Wildman–Crippen LogP) is 2.14. The van der Waals surface area contributed by atoms with Gasteiger partial charge in [-0.15, -0.1) is 0 Å². The minimum absolute atomic E-state index is 0.287. The van der Waals surface area contributed by atoms with Crippen molar-refractivity contribution in [2.45, 2.75) is 33.2 Å². The van der Waals surface area contributed by atoms with Gasteiger partial charge in [-0.05, 0) is 38.0 Å². The second-order valence-electron chi connectivity index (χ2n) is 5.82. The van der Waals surface area contributed by atoms with Gasteiger partial charge in [0.1, 0.15) is 0 Å². The summed E-state index contributed by atoms with van der Waals surface area (Å²) in [5.74, 6) is 0.287. The van der Waals surface area contributed by atoms with Gasteiger partial charge >= 0.3 is 0 Å². The first-order chi connectivity index (χ1) is 9.49. The van der Waals surface area contributed by atoms with E-state index in [9.17, 15) is 0 Å². The maximum absolute atomic E-state index is 7.41. The van der Waals surface area contributed by atoms with Gasteiger partial charge < -0.3 is 10.6 Å². The van der Waals surface area contributed by atoms with Crippen LogP contribution in [0.2, 0.25) is 0 Å². The first-order valence-corrected chi connectivity index (χ1v) is 7.37. The molecule has 1 aliphatic heterocycles. The molecule has 1 aliphatic rings. The lowest BCUT2D eigenvalue weighted by Gasteiger charge is -2.39. The number of hydrogen-bond acceptors (Lipinski definition) is 3. The second kappa shape index (κ2) is 6.27. The van der Waals surface area contributed by atoms with Crippen molar-refractivity contribution in [2.75, 3.05) is 31.1 Å². The molecule has 1 aromatic carbocycles. The molecule has 1 saturated heterocycles. The van der Waals surface area contributed by atoms with Crippen LogP contribution < -0.4 is 10.6 Å². The van der Waals surface area contributed by atoms with Gasteiger partial charge in [0.05, 0.1) is 5.84 Å². The van der Waals surface area contributed by atoms with Crippen LogP contribution in [0.1, 0.15) is 24.5 Å². The van der Waals surface area contributed by atoms with Crippen LogP contribution in [0.5, 0.6) is 0 Å². The summed E-state index contributed by atoms with van der Waals surface area (Å²) < 4.78 is 0. The molecule has 1 aromatic rings. The number of rotatable bonds is 4. The van der Waals surface area contributed by atoms with E-state index in [1.54, 1.807) is 0 Å². The Labute approximate surface area is 122 Å². The molecule has 20 heavy (non-hydrogen) atoms. The maximum Gasteiger partial charge on any atom is 0.0920 e. The standard InChI is InChI=1S/C16H26N4/c1-12-5-4-6-15(14(12)3)20-9-7-19(8-10-20)13(2)11-16(17)18/h4-6,13H,7-11H2,1-3H3,(H3,17,18). The average Bonchev–Trinajstić information content (AvgIpc) is 2.41. The fourth-order valence-electron chi connectivity index (χ4n) is 2.93. The normalized spacial score (nSPS) is 18.1. The monoisotopic (exact) mass is 274 g/mol. The third-order valence-corrected chi connectivity index (χ3v) is 4.37. The zero-order valence-corrected chi connectivity index (χ0v) is 12.8. The Hall–Kier alpha value is -1.55. The molecule has 1 unspecified atom stereocenters. The number of hydrogen-bond donors (Lipinski definition) is 2. The van der Waals surface area contributed by atoms with Crippen LogP contribution in [0.3, 0.4) is 0 Å². The van der Waals surface area contributed by atoms with Crippen LogP contribution >= 0.6 is 0 Å². The number of amidine groups is 1. The predicted molar refractivity (Wildman–Crippen MR) is 85.7 cm³/mol. The van der Waals surface area contributed by atoms with E-state index < -0.39 is 0 Å². The number of anilines is 1. The van der Waals surface area contributed by atoms with Gasteiger partial charge in [-0.1, -0.05) is 12.1 Å². The average molecular weight is 274 g/mol. The lowest BCUT2D eigenvalue weighted by Crippen LogP contribution is -2.50. The topological polar surface area (TPSA) is 56.4 Å². The smallest absolute Gasteiger partial charge is 0.0920 e. The van der Waals surface area contributed by atoms with E-state index in [0.29, 0.717) is 12.5 Å². The molecule has 4 heteroatoms. The van der Waals surface area contributed by atoms with Crippen molar-refractivity contribution in [1.82, 2.24) is 4.90 Å². The Bertz CT molecular complexity index is 475. The molecule has 2 rings (SSSR count). The Morgan fingerprint density at radius 2 is 1.90 bits per heavy atom. The molecule has 1 fully saturated rings. The van der Waals surface area contributed by atoms with E-state index in [1.165, 1.54) is 16.8 Å². The maximum atomic E-state index is 7.41. The van der Waals surface area contributed by atoms with Crippen molar-refractivity contribution in [1.29, 1.82) is 5.41 Å². The number of piperazine rings is 1. The van der Waals surface area contributed by atoms with E-state index in [4.69, 9.17) is 11.1 Å². The molecule has 0 aliphatic carbocycles. The van der Waals surface area contributed by atoms with E-state index in [-0.39, 0.29) is 5.84 Å². The zero-order chi connectivity index (χ0) is 14.7. The largest absolute Gasteiger partial charge is 0.388 e. The van der Waals surface area contributed by atoms with Gasteiger partial charge in [0.2, 0.25) is 0 Å². The van der Waals surface area contributed by atoms with Gasteiger partial charge in [0.25, 0.3) is 0 Å². The van der Waals surface area contributed by atoms with E-state index in [0.717, 1.165) is 26.2 Å². The zero-order valence-electron chi connectivity index (χ0n) is 12.8. The van der Waals surface area contributed by atoms with E-state index in [1.807, 2.05) is 0 Å². The van der Waals surface area contributed by atoms with E-state index in [2.05, 4.69) is 48.8 Å². The lowest BCUT2D eigenvalue weighted by atomic mass is 10.1. The van der Waals surface area contributed by atoms with Crippen molar-refractivity contribution in [3.63, 3.8) is 0 Å². The van der Waals surface area contributed by atoms with E-state index >= 15 is 0 Å². The van der Waals surface area contributed by atoms with Crippen LogP contribution in [0.25, 0.3) is 0 Å². The number of nitrogens with one attached hydrogen (secondary N) is 1. The third-order valence-electron chi connectivity index (χ3n) is 4.37. The van der Waals surface area contributed by atoms with Crippen LogP contribution in [-0.4, -0.2) is 43.0 Å². The Morgan fingerprint density at radius 1 is 1.25 bits per heavy atom. The first kappa shape index (κ1) is 14.9. The molecule has 1 heterocycles. The van der Waals surface area contributed by atoms with Crippen molar-refractivity contribution in [2.24, 2.45) is 5.73 Å². The summed E-state index contributed by atoms with van der Waals surface area (Å²) >= 11 is 0. The third kappa shape index (κ3) is 3.31. The Balaban J connectivity index is 1.97. The molecule has 0 spiro atoms. The van der Waals surface area contributed by atoms with Crippen molar-refractivity contribution >= 4 is 11.5 Å². The van der Waals surface area contributed by atoms with Crippen LogP contribution in [0, 0.1) is 19.3 Å². The van der Waals surface area contributed by atoms with Crippen LogP contribution in [0.4, 0.5) is 5.69 Å². The fraction of sp³-hybridized carbons (Fsp3) is 0.562. The van der Waals surface area contributed by atoms with Gasteiger partial charge in [0, 0.05) is 44.3 Å². The second-order valence-corrected chi connectivity index (χ2v) is 5.82. The van der Waals surface area contributed by atoms with Gasteiger partial charge in [-0.2, -0.15) is 0 Å². The van der Waals surface area contributed by atoms with Crippen molar-refractivity contribution < 1.29 is 0 Å². The highest BCUT2D eigenvalue weighted by Gasteiger charge is 2.22. The van der Waals surface area contributed by atoms with Crippen LogP contribution in [-0.2, 0) is 0 Å². The molecule has 0 bridgehead atoms. The fourth-order valence-corrected chi connectivity index (χ4v) is 2.93. The minimum atomic E-state index is 0.287. The van der Waals surface area contributed by atoms with Gasteiger partial charge in [0.15, 0.2) is 0 Å². The molecule has 0 aromatic heterocycles. The SMILES string of the molecule is Cc1cccc(N2CCN(C(C)CC(=N)N)CC2)c1C. The molecular formula is C16H26N4. The highest BCUT2D eigenvalue weighted by Crippen LogP contribution is 2.24. The number of benzene rings is 1. The van der Waals surface area contributed by atoms with Crippen molar-refractivity contribution in [3.8, 4) is 0 Å². The van der Waals surface area contributed by atoms with Gasteiger partial charge in [-0.25, -0.2) is 0 Å². The highest BCUT2D eigenvalue weighted by molar-refractivity contribution is 5.77. The summed E-state index contributed by atoms with van der Waals surface area (Å²) in [7, 11) is 0. The summed E-state index contributed by atoms with van der Waals surface area (Å²) in [6.45, 7) is 10.7. The van der Waals surface area contributed by atoms with Crippen molar-refractivity contribution in [3.05, 3.63) is 29.3 Å². The first-order valence-electron chi connectivity index (χ1n) is 7.37. The molecule has 0 radical (unpaired) electrons. The molecular weight excluding hydrogens is 248 g/mol. The minimum Gasteiger partial charge on any atom is -0.388 e. The summed E-state index contributed by atoms with van der Waals surface area (Å²) in [5, 5.41) is 7.41. The molecule has 1 atom stereocenters. The molecule has 0 amide bonds. The van der Waals surface area contributed by atoms with Gasteiger partial charge in [-0.3, -0.25) is 10.3 Å². The number of aryl methyl sites for hydroxylation is 1. The molecule has 4 nitrogen and oxygen atoms in total. The van der Waals surface area contributed by atoms with Crippen LogP contribution in [0.15, 0.2) is 18.2 Å². The highest BCUT2D eigenvalue weighted by atomic mass is 15.3. The Kier molecular flexibility index (Phi) is 4.65. The summed E-state index contributed by atoms with van der Waals surface area (Å²) in [4.78, 5) is 4.91. The molecule has 0 saturated carbocycles. The Morgan fingerprint density at radius 3 is 2.50 bits per heavy atom. The summed E-state index contributed by atoms with van der Waals surface area (Å²) in [6, 6.07) is 6.90. The summed E-state index contributed by atoms with van der Waals surface area (Å²) in [6.07, 6.45) is 0.670. The number of nitrogens with two attached hydrogens (primary N) is 1. The molecule has 3 N–H and O–H groups in total. The molecule has 110 valence electrons.